The van der Waals surface area contributed by atoms with Crippen LogP contribution in [0.5, 0.6) is 0 Å². The monoisotopic (exact) mass is 316 g/mol. The Kier molecular flexibility index (Phi) is 3.60. The summed E-state index contributed by atoms with van der Waals surface area (Å²) >= 11 is 11.8. The Bertz CT molecular complexity index is 528. The van der Waals surface area contributed by atoms with Crippen molar-refractivity contribution in [2.75, 3.05) is 18.4 Å². The Morgan fingerprint density at radius 3 is 2.60 bits per heavy atom. The lowest BCUT2D eigenvalue weighted by Gasteiger charge is -2.18. The van der Waals surface area contributed by atoms with Crippen molar-refractivity contribution in [2.45, 2.75) is 18.9 Å². The van der Waals surface area contributed by atoms with Gasteiger partial charge in [-0.1, -0.05) is 11.6 Å². The number of amides is 1. The zero-order valence-electron chi connectivity index (χ0n) is 10.6. The van der Waals surface area contributed by atoms with Crippen LogP contribution in [-0.2, 0) is 0 Å². The minimum Gasteiger partial charge on any atom is -0.465 e. The van der Waals surface area contributed by atoms with Crippen molar-refractivity contribution in [3.8, 4) is 0 Å². The summed E-state index contributed by atoms with van der Waals surface area (Å²) in [5, 5.41) is 12.9. The summed E-state index contributed by atoms with van der Waals surface area (Å²) < 4.78 is 0. The van der Waals surface area contributed by atoms with Crippen LogP contribution in [0, 0.1) is 11.8 Å². The second-order valence-corrected chi connectivity index (χ2v) is 6.10. The largest absolute Gasteiger partial charge is 0.465 e. The van der Waals surface area contributed by atoms with Crippen molar-refractivity contribution in [3.63, 3.8) is 0 Å². The summed E-state index contributed by atoms with van der Waals surface area (Å²) in [6.45, 7) is 1.24. The molecule has 0 aromatic carbocycles. The van der Waals surface area contributed by atoms with Crippen molar-refractivity contribution in [2.24, 2.45) is 11.8 Å². The summed E-state index contributed by atoms with van der Waals surface area (Å²) in [7, 11) is 0. The zero-order chi connectivity index (χ0) is 14.3. The van der Waals surface area contributed by atoms with Gasteiger partial charge in [-0.25, -0.2) is 9.78 Å². The van der Waals surface area contributed by atoms with Crippen molar-refractivity contribution in [1.82, 2.24) is 14.9 Å². The maximum Gasteiger partial charge on any atom is 0.407 e. The number of fused-ring (bicyclic) bond motifs is 1. The fourth-order valence-corrected chi connectivity index (χ4v) is 3.49. The Hall–Kier alpha value is -1.27. The van der Waals surface area contributed by atoms with Gasteiger partial charge in [0.15, 0.2) is 0 Å². The molecule has 1 aromatic heterocycles. The van der Waals surface area contributed by atoms with Gasteiger partial charge in [0.2, 0.25) is 5.28 Å². The highest BCUT2D eigenvalue weighted by Gasteiger charge is 2.42. The van der Waals surface area contributed by atoms with Crippen molar-refractivity contribution >= 4 is 35.1 Å². The molecule has 1 saturated carbocycles. The SMILES string of the molecule is O=C(O)N1CC2CC(Nc3nc(Cl)ncc3Cl)CC2C1. The van der Waals surface area contributed by atoms with Crippen LogP contribution in [0.15, 0.2) is 6.20 Å². The van der Waals surface area contributed by atoms with Crippen LogP contribution >= 0.6 is 23.2 Å². The zero-order valence-corrected chi connectivity index (χ0v) is 12.1. The quantitative estimate of drug-likeness (QED) is 0.820. The van der Waals surface area contributed by atoms with Gasteiger partial charge in [0.05, 0.1) is 6.20 Å². The van der Waals surface area contributed by atoms with Crippen LogP contribution in [0.4, 0.5) is 10.6 Å². The number of nitrogens with zero attached hydrogens (tertiary/aromatic N) is 3. The maximum atomic E-state index is 10.9. The van der Waals surface area contributed by atoms with Crippen LogP contribution in [0.3, 0.4) is 0 Å². The Morgan fingerprint density at radius 1 is 1.35 bits per heavy atom. The van der Waals surface area contributed by atoms with E-state index in [0.29, 0.717) is 35.8 Å². The van der Waals surface area contributed by atoms with Gasteiger partial charge in [0.1, 0.15) is 10.8 Å². The molecule has 0 radical (unpaired) electrons. The van der Waals surface area contributed by atoms with Gasteiger partial charge in [-0.2, -0.15) is 4.98 Å². The predicted molar refractivity (Wildman–Crippen MR) is 75.3 cm³/mol. The first kappa shape index (κ1) is 13.7. The summed E-state index contributed by atoms with van der Waals surface area (Å²) in [6, 6.07) is 0.254. The number of carbonyl (C=O) groups is 1. The van der Waals surface area contributed by atoms with E-state index in [1.807, 2.05) is 0 Å². The van der Waals surface area contributed by atoms with Gasteiger partial charge in [0, 0.05) is 19.1 Å². The number of halogens is 2. The lowest BCUT2D eigenvalue weighted by Crippen LogP contribution is -2.29. The second-order valence-electron chi connectivity index (χ2n) is 5.36. The highest BCUT2D eigenvalue weighted by atomic mass is 35.5. The topological polar surface area (TPSA) is 78.4 Å². The van der Waals surface area contributed by atoms with Gasteiger partial charge in [0.25, 0.3) is 0 Å². The molecule has 1 aromatic rings. The summed E-state index contributed by atoms with van der Waals surface area (Å²) in [5.41, 5.74) is 0. The van der Waals surface area contributed by atoms with Gasteiger partial charge < -0.3 is 15.3 Å². The van der Waals surface area contributed by atoms with E-state index in [1.54, 1.807) is 0 Å². The summed E-state index contributed by atoms with van der Waals surface area (Å²) in [6.07, 6.45) is 2.49. The molecule has 20 heavy (non-hydrogen) atoms. The van der Waals surface area contributed by atoms with Crippen LogP contribution in [0.2, 0.25) is 10.3 Å². The molecule has 1 amide bonds. The standard InChI is InChI=1S/C12H14Cl2N4O2/c13-9-3-15-11(14)17-10(9)16-8-1-6-4-18(12(19)20)5-7(6)2-8/h3,6-8H,1-2,4-5H2,(H,19,20)(H,15,16,17). The number of anilines is 1. The fourth-order valence-electron chi connectivity index (χ4n) is 3.21. The molecule has 3 rings (SSSR count). The average molecular weight is 317 g/mol. The van der Waals surface area contributed by atoms with Crippen molar-refractivity contribution in [1.29, 1.82) is 0 Å². The van der Waals surface area contributed by atoms with Gasteiger partial charge in [-0.05, 0) is 36.3 Å². The van der Waals surface area contributed by atoms with E-state index in [9.17, 15) is 4.79 Å². The number of likely N-dealkylation sites (tertiary alicyclic amines) is 1. The maximum absolute atomic E-state index is 10.9. The molecule has 2 aliphatic rings. The van der Waals surface area contributed by atoms with E-state index < -0.39 is 6.09 Å². The first-order valence-electron chi connectivity index (χ1n) is 6.45. The number of aromatic nitrogens is 2. The van der Waals surface area contributed by atoms with Crippen molar-refractivity contribution < 1.29 is 9.90 Å². The fraction of sp³-hybridized carbons (Fsp3) is 0.583. The molecule has 2 N–H and O–H groups in total. The van der Waals surface area contributed by atoms with E-state index in [-0.39, 0.29) is 11.3 Å². The molecule has 8 heteroatoms. The van der Waals surface area contributed by atoms with E-state index in [1.165, 1.54) is 11.1 Å². The average Bonchev–Trinajstić information content (AvgIpc) is 2.91. The number of hydrogen-bond donors (Lipinski definition) is 2. The number of hydrogen-bond acceptors (Lipinski definition) is 4. The molecule has 108 valence electrons. The van der Waals surface area contributed by atoms with Gasteiger partial charge >= 0.3 is 6.09 Å². The predicted octanol–water partition coefficient (Wildman–Crippen LogP) is 2.58. The van der Waals surface area contributed by atoms with E-state index in [0.717, 1.165) is 12.8 Å². The van der Waals surface area contributed by atoms with Crippen LogP contribution < -0.4 is 5.32 Å². The molecule has 0 spiro atoms. The third-order valence-electron chi connectivity index (χ3n) is 4.08. The lowest BCUT2D eigenvalue weighted by atomic mass is 10.0. The molecular formula is C12H14Cl2N4O2. The lowest BCUT2D eigenvalue weighted by molar-refractivity contribution is 0.152. The van der Waals surface area contributed by atoms with Crippen molar-refractivity contribution in [3.05, 3.63) is 16.5 Å². The smallest absolute Gasteiger partial charge is 0.407 e. The molecule has 2 unspecified atom stereocenters. The van der Waals surface area contributed by atoms with Crippen LogP contribution in [0.25, 0.3) is 0 Å². The molecule has 2 fully saturated rings. The minimum atomic E-state index is -0.825. The summed E-state index contributed by atoms with van der Waals surface area (Å²) in [5.74, 6) is 1.38. The number of nitrogens with one attached hydrogen (secondary N) is 1. The second kappa shape index (κ2) is 5.26. The van der Waals surface area contributed by atoms with Gasteiger partial charge in [-0.15, -0.1) is 0 Å². The normalized spacial score (nSPS) is 28.5. The van der Waals surface area contributed by atoms with E-state index >= 15 is 0 Å². The molecule has 1 aliphatic carbocycles. The highest BCUT2D eigenvalue weighted by Crippen LogP contribution is 2.39. The Morgan fingerprint density at radius 2 is 2.00 bits per heavy atom. The number of carboxylic acid groups (broad SMARTS) is 1. The molecule has 1 aliphatic heterocycles. The molecule has 2 heterocycles. The van der Waals surface area contributed by atoms with Crippen LogP contribution in [-0.4, -0.2) is 45.2 Å². The molecule has 2 atom stereocenters. The minimum absolute atomic E-state index is 0.159. The molecule has 1 saturated heterocycles. The molecule has 6 nitrogen and oxygen atoms in total. The number of rotatable bonds is 2. The van der Waals surface area contributed by atoms with E-state index in [4.69, 9.17) is 28.3 Å². The highest BCUT2D eigenvalue weighted by molar-refractivity contribution is 6.33. The Balaban J connectivity index is 1.63. The van der Waals surface area contributed by atoms with Crippen LogP contribution in [0.1, 0.15) is 12.8 Å². The van der Waals surface area contributed by atoms with E-state index in [2.05, 4.69) is 15.3 Å². The summed E-state index contributed by atoms with van der Waals surface area (Å²) in [4.78, 5) is 20.3. The first-order chi connectivity index (χ1) is 9.52. The molecule has 0 bridgehead atoms. The third kappa shape index (κ3) is 2.62. The Labute approximate surface area is 126 Å². The van der Waals surface area contributed by atoms with Gasteiger partial charge in [-0.3, -0.25) is 0 Å². The first-order valence-corrected chi connectivity index (χ1v) is 7.21. The third-order valence-corrected chi connectivity index (χ3v) is 4.54. The molecular weight excluding hydrogens is 303 g/mol.